The van der Waals surface area contributed by atoms with Gasteiger partial charge in [0.15, 0.2) is 0 Å². The van der Waals surface area contributed by atoms with Crippen LogP contribution in [0.15, 0.2) is 24.5 Å². The molecular formula is C11H11N5O3S. The Hall–Kier alpha value is -2.55. The Morgan fingerprint density at radius 3 is 3.00 bits per heavy atom. The number of hydrogen-bond donors (Lipinski definition) is 2. The van der Waals surface area contributed by atoms with Crippen LogP contribution in [0.4, 0.5) is 0 Å². The van der Waals surface area contributed by atoms with Crippen LogP contribution in [0.2, 0.25) is 0 Å². The van der Waals surface area contributed by atoms with Crippen LogP contribution in [-0.4, -0.2) is 37.2 Å². The van der Waals surface area contributed by atoms with Crippen LogP contribution in [0, 0.1) is 0 Å². The first-order chi connectivity index (χ1) is 9.63. The quantitative estimate of drug-likeness (QED) is 0.733. The molecule has 2 rings (SSSR count). The molecule has 0 saturated heterocycles. The second kappa shape index (κ2) is 6.57. The van der Waals surface area contributed by atoms with Crippen molar-refractivity contribution in [3.8, 4) is 0 Å². The molecule has 0 aliphatic heterocycles. The molecule has 1 amide bonds. The van der Waals surface area contributed by atoms with Crippen molar-refractivity contribution in [1.29, 1.82) is 0 Å². The van der Waals surface area contributed by atoms with Gasteiger partial charge in [-0.1, -0.05) is 0 Å². The van der Waals surface area contributed by atoms with E-state index in [1.165, 1.54) is 28.4 Å². The van der Waals surface area contributed by atoms with Gasteiger partial charge in [0.25, 0.3) is 0 Å². The third-order valence-corrected chi connectivity index (χ3v) is 3.28. The van der Waals surface area contributed by atoms with Crippen molar-refractivity contribution in [1.82, 2.24) is 25.5 Å². The number of nitrogens with one attached hydrogen (secondary N) is 1. The molecule has 2 heterocycles. The number of hydrogen-bond acceptors (Lipinski definition) is 6. The van der Waals surface area contributed by atoms with Crippen molar-refractivity contribution in [3.63, 3.8) is 0 Å². The highest BCUT2D eigenvalue weighted by atomic mass is 32.1. The number of aromatic nitrogens is 4. The number of amides is 1. The average Bonchev–Trinajstić information content (AvgIpc) is 3.05. The number of rotatable bonds is 6. The summed E-state index contributed by atoms with van der Waals surface area (Å²) in [6.45, 7) is 0.441. The van der Waals surface area contributed by atoms with Gasteiger partial charge in [-0.3, -0.25) is 4.79 Å². The molecule has 0 unspecified atom stereocenters. The molecule has 2 N–H and O–H groups in total. The molecular weight excluding hydrogens is 282 g/mol. The van der Waals surface area contributed by atoms with E-state index in [4.69, 9.17) is 5.11 Å². The van der Waals surface area contributed by atoms with E-state index in [2.05, 4.69) is 20.8 Å². The number of nitrogens with zero attached hydrogens (tertiary/aromatic N) is 4. The summed E-state index contributed by atoms with van der Waals surface area (Å²) in [7, 11) is 0. The lowest BCUT2D eigenvalue weighted by atomic mass is 10.4. The van der Waals surface area contributed by atoms with Crippen LogP contribution in [-0.2, 0) is 22.7 Å². The summed E-state index contributed by atoms with van der Waals surface area (Å²) in [5.41, 5.74) is 0. The largest absolute Gasteiger partial charge is 0.478 e. The maximum atomic E-state index is 11.6. The van der Waals surface area contributed by atoms with Gasteiger partial charge in [-0.05, 0) is 28.6 Å². The third kappa shape index (κ3) is 4.28. The molecule has 2 aromatic heterocycles. The smallest absolute Gasteiger partial charge is 0.328 e. The van der Waals surface area contributed by atoms with Crippen LogP contribution in [0.25, 0.3) is 6.08 Å². The second-order valence-electron chi connectivity index (χ2n) is 3.76. The van der Waals surface area contributed by atoms with E-state index in [1.54, 1.807) is 6.07 Å². The van der Waals surface area contributed by atoms with E-state index in [9.17, 15) is 9.59 Å². The van der Waals surface area contributed by atoms with Gasteiger partial charge in [-0.15, -0.1) is 16.4 Å². The molecule has 0 spiro atoms. The van der Waals surface area contributed by atoms with E-state index in [1.807, 2.05) is 6.07 Å². The summed E-state index contributed by atoms with van der Waals surface area (Å²) in [6.07, 6.45) is 3.95. The number of thiophene rings is 1. The molecule has 0 aromatic carbocycles. The molecule has 0 aliphatic carbocycles. The van der Waals surface area contributed by atoms with Gasteiger partial charge in [0.05, 0.1) is 6.54 Å². The molecule has 0 radical (unpaired) electrons. The molecule has 20 heavy (non-hydrogen) atoms. The highest BCUT2D eigenvalue weighted by molar-refractivity contribution is 7.12. The highest BCUT2D eigenvalue weighted by Crippen LogP contribution is 2.17. The van der Waals surface area contributed by atoms with Crippen molar-refractivity contribution in [3.05, 3.63) is 34.3 Å². The molecule has 8 nitrogen and oxygen atoms in total. The Labute approximate surface area is 117 Å². The van der Waals surface area contributed by atoms with Crippen LogP contribution >= 0.6 is 11.3 Å². The molecule has 0 aliphatic rings. The van der Waals surface area contributed by atoms with Gasteiger partial charge >= 0.3 is 5.97 Å². The Balaban J connectivity index is 1.82. The Morgan fingerprint density at radius 1 is 1.45 bits per heavy atom. The van der Waals surface area contributed by atoms with Crippen LogP contribution < -0.4 is 5.32 Å². The van der Waals surface area contributed by atoms with Crippen LogP contribution in [0.3, 0.4) is 0 Å². The maximum Gasteiger partial charge on any atom is 0.328 e. The van der Waals surface area contributed by atoms with Crippen molar-refractivity contribution in [2.24, 2.45) is 0 Å². The molecule has 104 valence electrons. The number of tetrazole rings is 1. The fourth-order valence-corrected chi connectivity index (χ4v) is 2.23. The number of carboxylic acids is 1. The summed E-state index contributed by atoms with van der Waals surface area (Å²) in [5.74, 6) is -1.19. The van der Waals surface area contributed by atoms with Gasteiger partial charge in [0.1, 0.15) is 12.9 Å². The van der Waals surface area contributed by atoms with Crippen molar-refractivity contribution < 1.29 is 14.7 Å². The minimum atomic E-state index is -0.991. The first kappa shape index (κ1) is 13.9. The lowest BCUT2D eigenvalue weighted by molar-refractivity contribution is -0.131. The summed E-state index contributed by atoms with van der Waals surface area (Å²) >= 11 is 1.41. The lowest BCUT2D eigenvalue weighted by Crippen LogP contribution is -2.27. The van der Waals surface area contributed by atoms with E-state index in [0.29, 0.717) is 6.54 Å². The predicted molar refractivity (Wildman–Crippen MR) is 70.7 cm³/mol. The molecule has 0 atom stereocenters. The minimum absolute atomic E-state index is 0.0597. The summed E-state index contributed by atoms with van der Waals surface area (Å²) < 4.78 is 1.32. The summed E-state index contributed by atoms with van der Waals surface area (Å²) in [5, 5.41) is 21.7. The number of carbonyl (C=O) groups excluding carboxylic acids is 1. The van der Waals surface area contributed by atoms with Crippen molar-refractivity contribution in [2.45, 2.75) is 13.1 Å². The molecule has 0 fully saturated rings. The van der Waals surface area contributed by atoms with Gasteiger partial charge < -0.3 is 10.4 Å². The topological polar surface area (TPSA) is 110 Å². The maximum absolute atomic E-state index is 11.6. The third-order valence-electron chi connectivity index (χ3n) is 2.23. The molecule has 0 saturated carbocycles. The molecule has 9 heteroatoms. The number of carboxylic acid groups (broad SMARTS) is 1. The first-order valence-corrected chi connectivity index (χ1v) is 6.42. The van der Waals surface area contributed by atoms with Crippen LogP contribution in [0.1, 0.15) is 9.75 Å². The standard InChI is InChI=1S/C11H11N5O3S/c17-10(6-16-7-13-14-15-16)12-5-9-2-1-8(20-9)3-4-11(18)19/h1-4,7H,5-6H2,(H,12,17)(H,18,19). The van der Waals surface area contributed by atoms with Crippen molar-refractivity contribution in [2.75, 3.05) is 0 Å². The average molecular weight is 293 g/mol. The van der Waals surface area contributed by atoms with Gasteiger partial charge in [-0.25, -0.2) is 9.48 Å². The number of aliphatic carboxylic acids is 1. The molecule has 2 aromatic rings. The monoisotopic (exact) mass is 293 g/mol. The Kier molecular flexibility index (Phi) is 4.56. The SMILES string of the molecule is O=C(O)C=Cc1ccc(CNC(=O)Cn2cnnn2)s1. The van der Waals surface area contributed by atoms with E-state index < -0.39 is 5.97 Å². The normalized spacial score (nSPS) is 10.8. The van der Waals surface area contributed by atoms with Gasteiger partial charge in [-0.2, -0.15) is 0 Å². The Bertz CT molecular complexity index is 620. The summed E-state index contributed by atoms with van der Waals surface area (Å²) in [6, 6.07) is 3.64. The predicted octanol–water partition coefficient (Wildman–Crippen LogP) is 0.149. The zero-order chi connectivity index (χ0) is 14.4. The van der Waals surface area contributed by atoms with E-state index >= 15 is 0 Å². The minimum Gasteiger partial charge on any atom is -0.478 e. The second-order valence-corrected chi connectivity index (χ2v) is 4.96. The van der Waals surface area contributed by atoms with Crippen LogP contribution in [0.5, 0.6) is 0 Å². The highest BCUT2D eigenvalue weighted by Gasteiger charge is 2.05. The van der Waals surface area contributed by atoms with Crippen molar-refractivity contribution >= 4 is 29.3 Å². The molecule has 0 bridgehead atoms. The van der Waals surface area contributed by atoms with E-state index in [-0.39, 0.29) is 12.5 Å². The fraction of sp³-hybridized carbons (Fsp3) is 0.182. The zero-order valence-corrected chi connectivity index (χ0v) is 11.1. The van der Waals surface area contributed by atoms with Gasteiger partial charge in [0.2, 0.25) is 5.91 Å². The lowest BCUT2D eigenvalue weighted by Gasteiger charge is -2.02. The fourth-order valence-electron chi connectivity index (χ4n) is 1.37. The van der Waals surface area contributed by atoms with Gasteiger partial charge in [0, 0.05) is 15.8 Å². The zero-order valence-electron chi connectivity index (χ0n) is 10.3. The van der Waals surface area contributed by atoms with E-state index in [0.717, 1.165) is 15.8 Å². The summed E-state index contributed by atoms with van der Waals surface area (Å²) in [4.78, 5) is 23.7. The Morgan fingerprint density at radius 2 is 2.30 bits per heavy atom. The number of carbonyl (C=O) groups is 2. The first-order valence-electron chi connectivity index (χ1n) is 5.60.